The maximum atomic E-state index is 13.2. The zero-order valence-electron chi connectivity index (χ0n) is 16.4. The molecule has 2 aliphatic rings. The summed E-state index contributed by atoms with van der Waals surface area (Å²) in [6, 6.07) is 15.6. The fourth-order valence-corrected chi connectivity index (χ4v) is 6.19. The summed E-state index contributed by atoms with van der Waals surface area (Å²) in [4.78, 5) is 15.1. The van der Waals surface area contributed by atoms with Gasteiger partial charge in [-0.25, -0.2) is 12.7 Å². The van der Waals surface area contributed by atoms with Gasteiger partial charge in [-0.05, 0) is 55.5 Å². The van der Waals surface area contributed by atoms with E-state index < -0.39 is 10.0 Å². The van der Waals surface area contributed by atoms with Gasteiger partial charge in [-0.2, -0.15) is 0 Å². The highest BCUT2D eigenvalue weighted by Gasteiger charge is 2.37. The van der Waals surface area contributed by atoms with Crippen molar-refractivity contribution in [1.82, 2.24) is 4.31 Å². The molecule has 0 aliphatic carbocycles. The van der Waals surface area contributed by atoms with Gasteiger partial charge < -0.3 is 4.90 Å². The highest BCUT2D eigenvalue weighted by molar-refractivity contribution is 9.10. The molecule has 7 heteroatoms. The second kappa shape index (κ2) is 8.20. The Morgan fingerprint density at radius 1 is 1.07 bits per heavy atom. The van der Waals surface area contributed by atoms with Crippen molar-refractivity contribution in [2.45, 2.75) is 38.0 Å². The van der Waals surface area contributed by atoms with Crippen LogP contribution in [0.15, 0.2) is 53.0 Å². The molecule has 0 aromatic heterocycles. The van der Waals surface area contributed by atoms with Crippen molar-refractivity contribution in [3.8, 4) is 0 Å². The van der Waals surface area contributed by atoms with Crippen LogP contribution in [0.1, 0.15) is 30.9 Å². The summed E-state index contributed by atoms with van der Waals surface area (Å²) >= 11 is 3.37. The van der Waals surface area contributed by atoms with Gasteiger partial charge in [0.2, 0.25) is 15.9 Å². The van der Waals surface area contributed by atoms with Gasteiger partial charge in [0.05, 0.1) is 5.75 Å². The fourth-order valence-electron chi connectivity index (χ4n) is 4.36. The molecule has 0 N–H and O–H groups in total. The normalized spacial score (nSPS) is 20.6. The highest BCUT2D eigenvalue weighted by Crippen LogP contribution is 2.35. The number of amides is 1. The highest BCUT2D eigenvalue weighted by atomic mass is 79.9. The van der Waals surface area contributed by atoms with Gasteiger partial charge in [0.1, 0.15) is 0 Å². The third-order valence-electron chi connectivity index (χ3n) is 5.90. The minimum absolute atomic E-state index is 0.00454. The molecule has 2 aromatic rings. The third kappa shape index (κ3) is 4.27. The average molecular weight is 477 g/mol. The third-order valence-corrected chi connectivity index (χ3v) is 8.28. The minimum Gasteiger partial charge on any atom is -0.309 e. The Morgan fingerprint density at radius 3 is 2.41 bits per heavy atom. The number of rotatable bonds is 4. The summed E-state index contributed by atoms with van der Waals surface area (Å²) in [7, 11) is -3.38. The molecule has 0 spiro atoms. The van der Waals surface area contributed by atoms with E-state index in [0.29, 0.717) is 25.9 Å². The Bertz CT molecular complexity index is 999. The largest absolute Gasteiger partial charge is 0.309 e. The molecule has 1 saturated heterocycles. The molecular formula is C22H25BrN2O3S. The molecule has 1 fully saturated rings. The van der Waals surface area contributed by atoms with E-state index in [2.05, 4.69) is 28.9 Å². The number of hydrogen-bond acceptors (Lipinski definition) is 3. The van der Waals surface area contributed by atoms with Gasteiger partial charge in [-0.3, -0.25) is 4.79 Å². The van der Waals surface area contributed by atoms with Gasteiger partial charge in [0.25, 0.3) is 0 Å². The SMILES string of the molecule is C[C@H]1Cc2ccccc2N1C(=O)C1CCN(S(=O)(=O)Cc2ccc(Br)cc2)CC1. The number of halogens is 1. The second-order valence-electron chi connectivity index (χ2n) is 7.95. The summed E-state index contributed by atoms with van der Waals surface area (Å²) in [5.41, 5.74) is 2.99. The maximum Gasteiger partial charge on any atom is 0.230 e. The number of nitrogens with zero attached hydrogens (tertiary/aromatic N) is 2. The van der Waals surface area contributed by atoms with Crippen molar-refractivity contribution in [2.75, 3.05) is 18.0 Å². The van der Waals surface area contributed by atoms with Gasteiger partial charge >= 0.3 is 0 Å². The molecule has 1 amide bonds. The Labute approximate surface area is 180 Å². The molecule has 5 nitrogen and oxygen atoms in total. The summed E-state index contributed by atoms with van der Waals surface area (Å²) in [6.45, 7) is 2.88. The number of benzene rings is 2. The lowest BCUT2D eigenvalue weighted by molar-refractivity contribution is -0.123. The minimum atomic E-state index is -3.38. The van der Waals surface area contributed by atoms with E-state index in [0.717, 1.165) is 22.1 Å². The number of carbonyl (C=O) groups excluding carboxylic acids is 1. The van der Waals surface area contributed by atoms with Crippen LogP contribution in [-0.4, -0.2) is 37.8 Å². The van der Waals surface area contributed by atoms with Crippen molar-refractivity contribution in [3.05, 3.63) is 64.1 Å². The second-order valence-corrected chi connectivity index (χ2v) is 10.8. The van der Waals surface area contributed by atoms with E-state index in [9.17, 15) is 13.2 Å². The molecule has 4 rings (SSSR count). The van der Waals surface area contributed by atoms with Crippen molar-refractivity contribution >= 4 is 37.5 Å². The van der Waals surface area contributed by atoms with Crippen LogP contribution in [0.3, 0.4) is 0 Å². The first-order chi connectivity index (χ1) is 13.8. The van der Waals surface area contributed by atoms with Crippen LogP contribution >= 0.6 is 15.9 Å². The summed E-state index contributed by atoms with van der Waals surface area (Å²) < 4.78 is 28.1. The van der Waals surface area contributed by atoms with Crippen molar-refractivity contribution in [2.24, 2.45) is 5.92 Å². The Morgan fingerprint density at radius 2 is 1.72 bits per heavy atom. The molecule has 0 unspecified atom stereocenters. The molecule has 0 saturated carbocycles. The van der Waals surface area contributed by atoms with E-state index in [4.69, 9.17) is 0 Å². The van der Waals surface area contributed by atoms with Gasteiger partial charge in [0.15, 0.2) is 0 Å². The summed E-state index contributed by atoms with van der Waals surface area (Å²) in [5.74, 6) is 0.00486. The number of para-hydroxylation sites is 1. The number of sulfonamides is 1. The molecule has 2 aliphatic heterocycles. The molecule has 1 atom stereocenters. The predicted molar refractivity (Wildman–Crippen MR) is 118 cm³/mol. The molecule has 0 bridgehead atoms. The number of carbonyl (C=O) groups is 1. The van der Waals surface area contributed by atoms with Crippen molar-refractivity contribution in [3.63, 3.8) is 0 Å². The van der Waals surface area contributed by atoms with E-state index in [1.54, 1.807) is 4.31 Å². The monoisotopic (exact) mass is 476 g/mol. The molecule has 2 heterocycles. The van der Waals surface area contributed by atoms with Crippen LogP contribution in [0.4, 0.5) is 5.69 Å². The lowest BCUT2D eigenvalue weighted by Gasteiger charge is -2.34. The molecular weight excluding hydrogens is 452 g/mol. The van der Waals surface area contributed by atoms with Crippen LogP contribution in [0.2, 0.25) is 0 Å². The first-order valence-corrected chi connectivity index (χ1v) is 12.4. The Balaban J connectivity index is 1.40. The summed E-state index contributed by atoms with van der Waals surface area (Å²) in [6.07, 6.45) is 2.02. The topological polar surface area (TPSA) is 57.7 Å². The average Bonchev–Trinajstić information content (AvgIpc) is 3.05. The van der Waals surface area contributed by atoms with Gasteiger partial charge in [-0.15, -0.1) is 0 Å². The smallest absolute Gasteiger partial charge is 0.230 e. The number of piperidine rings is 1. The van der Waals surface area contributed by atoms with Crippen LogP contribution in [0, 0.1) is 5.92 Å². The van der Waals surface area contributed by atoms with E-state index in [1.165, 1.54) is 5.56 Å². The Hall–Kier alpha value is -1.70. The maximum absolute atomic E-state index is 13.2. The van der Waals surface area contributed by atoms with Crippen LogP contribution in [0.5, 0.6) is 0 Å². The fraction of sp³-hybridized carbons (Fsp3) is 0.409. The first kappa shape index (κ1) is 20.6. The van der Waals surface area contributed by atoms with E-state index >= 15 is 0 Å². The lowest BCUT2D eigenvalue weighted by Crippen LogP contribution is -2.46. The first-order valence-electron chi connectivity index (χ1n) is 9.98. The quantitative estimate of drug-likeness (QED) is 0.670. The van der Waals surface area contributed by atoms with E-state index in [1.807, 2.05) is 47.4 Å². The van der Waals surface area contributed by atoms with Gasteiger partial charge in [-0.1, -0.05) is 46.3 Å². The van der Waals surface area contributed by atoms with Crippen LogP contribution < -0.4 is 4.90 Å². The van der Waals surface area contributed by atoms with Gasteiger partial charge in [0, 0.05) is 35.2 Å². The Kier molecular flexibility index (Phi) is 5.82. The molecule has 0 radical (unpaired) electrons. The predicted octanol–water partition coefficient (Wildman–Crippen LogP) is 3.97. The zero-order chi connectivity index (χ0) is 20.6. The molecule has 29 heavy (non-hydrogen) atoms. The lowest BCUT2D eigenvalue weighted by atomic mass is 9.96. The standard InChI is InChI=1S/C22H25BrN2O3S/c1-16-14-19-4-2-3-5-21(19)25(16)22(26)18-10-12-24(13-11-18)29(27,28)15-17-6-8-20(23)9-7-17/h2-9,16,18H,10-15H2,1H3/t16-/m0/s1. The summed E-state index contributed by atoms with van der Waals surface area (Å²) in [5, 5.41) is 0. The number of hydrogen-bond donors (Lipinski definition) is 0. The van der Waals surface area contributed by atoms with Crippen molar-refractivity contribution in [1.29, 1.82) is 0 Å². The number of anilines is 1. The van der Waals surface area contributed by atoms with E-state index in [-0.39, 0.29) is 23.6 Å². The molecule has 154 valence electrons. The van der Waals surface area contributed by atoms with Crippen LogP contribution in [-0.2, 0) is 27.0 Å². The van der Waals surface area contributed by atoms with Crippen LogP contribution in [0.25, 0.3) is 0 Å². The van der Waals surface area contributed by atoms with Crippen molar-refractivity contribution < 1.29 is 13.2 Å². The zero-order valence-corrected chi connectivity index (χ0v) is 18.8. The number of fused-ring (bicyclic) bond motifs is 1. The molecule has 2 aromatic carbocycles.